The van der Waals surface area contributed by atoms with Gasteiger partial charge in [0.2, 0.25) is 0 Å². The highest BCUT2D eigenvalue weighted by Crippen LogP contribution is 2.10. The number of carbonyl (C=O) groups is 1. The maximum atomic E-state index is 12.2. The summed E-state index contributed by atoms with van der Waals surface area (Å²) < 4.78 is 1.52. The minimum atomic E-state index is -0.362. The first-order valence-corrected chi connectivity index (χ1v) is 6.91. The van der Waals surface area contributed by atoms with E-state index < -0.39 is 0 Å². The summed E-state index contributed by atoms with van der Waals surface area (Å²) in [6.45, 7) is 2.40. The molecule has 3 rings (SSSR count). The number of fused-ring (bicyclic) bond motifs is 1. The molecule has 0 aliphatic rings. The number of benzene rings is 1. The van der Waals surface area contributed by atoms with Gasteiger partial charge in [-0.15, -0.1) is 0 Å². The van der Waals surface area contributed by atoms with Gasteiger partial charge in [0, 0.05) is 18.8 Å². The van der Waals surface area contributed by atoms with Crippen LogP contribution in [0.4, 0.5) is 5.69 Å². The molecule has 0 radical (unpaired) electrons. The molecule has 0 bridgehead atoms. The van der Waals surface area contributed by atoms with Gasteiger partial charge in [0.15, 0.2) is 0 Å². The van der Waals surface area contributed by atoms with Gasteiger partial charge >= 0.3 is 0 Å². The Balaban J connectivity index is 1.88. The molecule has 0 saturated carbocycles. The summed E-state index contributed by atoms with van der Waals surface area (Å²) >= 11 is 0. The van der Waals surface area contributed by atoms with Gasteiger partial charge < -0.3 is 9.88 Å². The molecule has 0 spiro atoms. The van der Waals surface area contributed by atoms with Crippen LogP contribution in [0.2, 0.25) is 0 Å². The Hall–Kier alpha value is -3.02. The zero-order valence-corrected chi connectivity index (χ0v) is 12.0. The number of carbonyl (C=O) groups excluding carboxylic acids is 1. The van der Waals surface area contributed by atoms with Gasteiger partial charge in [-0.05, 0) is 25.1 Å². The SMILES string of the molecule is CCn1cc(NC(=O)c2cnc3ccccc3n2)ccc1=O. The van der Waals surface area contributed by atoms with Gasteiger partial charge in [-0.25, -0.2) is 4.98 Å². The molecule has 1 N–H and O–H groups in total. The van der Waals surface area contributed by atoms with Crippen LogP contribution in [0.5, 0.6) is 0 Å². The highest BCUT2D eigenvalue weighted by molar-refractivity contribution is 6.03. The molecule has 6 heteroatoms. The van der Waals surface area contributed by atoms with Crippen LogP contribution < -0.4 is 10.9 Å². The van der Waals surface area contributed by atoms with Gasteiger partial charge in [0.1, 0.15) is 5.69 Å². The zero-order valence-electron chi connectivity index (χ0n) is 12.0. The van der Waals surface area contributed by atoms with Crippen LogP contribution in [0.3, 0.4) is 0 Å². The lowest BCUT2D eigenvalue weighted by Gasteiger charge is -2.07. The molecule has 0 atom stereocenters. The average Bonchev–Trinajstić information content (AvgIpc) is 2.56. The third kappa shape index (κ3) is 2.71. The Bertz CT molecular complexity index is 902. The summed E-state index contributed by atoms with van der Waals surface area (Å²) in [5.74, 6) is -0.362. The number of hydrogen-bond acceptors (Lipinski definition) is 4. The van der Waals surface area contributed by atoms with Crippen LogP contribution in [0, 0.1) is 0 Å². The molecule has 0 fully saturated rings. The van der Waals surface area contributed by atoms with Crippen molar-refractivity contribution in [3.8, 4) is 0 Å². The van der Waals surface area contributed by atoms with E-state index in [9.17, 15) is 9.59 Å². The Morgan fingerprint density at radius 1 is 1.18 bits per heavy atom. The summed E-state index contributed by atoms with van der Waals surface area (Å²) in [5, 5.41) is 2.72. The number of rotatable bonds is 3. The molecule has 1 aromatic carbocycles. The second kappa shape index (κ2) is 5.77. The van der Waals surface area contributed by atoms with E-state index in [4.69, 9.17) is 0 Å². The summed E-state index contributed by atoms with van der Waals surface area (Å²) in [5.41, 5.74) is 2.06. The van der Waals surface area contributed by atoms with Crippen LogP contribution in [-0.4, -0.2) is 20.4 Å². The number of hydrogen-bond donors (Lipinski definition) is 1. The van der Waals surface area contributed by atoms with Crippen molar-refractivity contribution in [1.82, 2.24) is 14.5 Å². The lowest BCUT2D eigenvalue weighted by Crippen LogP contribution is -2.20. The second-order valence-electron chi connectivity index (χ2n) is 4.74. The first-order valence-electron chi connectivity index (χ1n) is 6.91. The van der Waals surface area contributed by atoms with E-state index in [0.29, 0.717) is 17.7 Å². The molecule has 2 heterocycles. The molecule has 1 amide bonds. The molecular weight excluding hydrogens is 280 g/mol. The normalized spacial score (nSPS) is 10.6. The monoisotopic (exact) mass is 294 g/mol. The highest BCUT2D eigenvalue weighted by atomic mass is 16.2. The van der Waals surface area contributed by atoms with Crippen LogP contribution >= 0.6 is 0 Å². The molecular formula is C16H14N4O2. The molecule has 0 aliphatic heterocycles. The van der Waals surface area contributed by atoms with Gasteiger partial charge in [-0.3, -0.25) is 14.6 Å². The maximum Gasteiger partial charge on any atom is 0.275 e. The van der Waals surface area contributed by atoms with Crippen LogP contribution in [0.15, 0.2) is 53.6 Å². The number of aromatic nitrogens is 3. The van der Waals surface area contributed by atoms with E-state index in [1.165, 1.54) is 16.8 Å². The van der Waals surface area contributed by atoms with Crippen LogP contribution in [0.1, 0.15) is 17.4 Å². The van der Waals surface area contributed by atoms with Crippen molar-refractivity contribution in [2.75, 3.05) is 5.32 Å². The summed E-state index contributed by atoms with van der Waals surface area (Å²) in [4.78, 5) is 32.3. The van der Waals surface area contributed by atoms with Crippen molar-refractivity contribution >= 4 is 22.6 Å². The molecule has 0 aliphatic carbocycles. The van der Waals surface area contributed by atoms with E-state index in [1.54, 1.807) is 18.3 Å². The fourth-order valence-corrected chi connectivity index (χ4v) is 2.11. The Labute approximate surface area is 126 Å². The summed E-state index contributed by atoms with van der Waals surface area (Å²) in [6.07, 6.45) is 3.04. The minimum absolute atomic E-state index is 0.106. The predicted molar refractivity (Wildman–Crippen MR) is 83.9 cm³/mol. The Morgan fingerprint density at radius 3 is 2.73 bits per heavy atom. The van der Waals surface area contributed by atoms with Crippen molar-refractivity contribution < 1.29 is 4.79 Å². The number of nitrogens with zero attached hydrogens (tertiary/aromatic N) is 3. The predicted octanol–water partition coefficient (Wildman–Crippen LogP) is 2.06. The number of nitrogens with one attached hydrogen (secondary N) is 1. The lowest BCUT2D eigenvalue weighted by molar-refractivity contribution is 0.102. The van der Waals surface area contributed by atoms with Crippen molar-refractivity contribution in [3.63, 3.8) is 0 Å². The standard InChI is InChI=1S/C16H14N4O2/c1-2-20-10-11(7-8-15(20)21)18-16(22)14-9-17-12-5-3-4-6-13(12)19-14/h3-10H,2H2,1H3,(H,18,22). The van der Waals surface area contributed by atoms with E-state index in [1.807, 2.05) is 25.1 Å². The van der Waals surface area contributed by atoms with E-state index in [0.717, 1.165) is 5.52 Å². The quantitative estimate of drug-likeness (QED) is 0.802. The van der Waals surface area contributed by atoms with E-state index >= 15 is 0 Å². The fraction of sp³-hybridized carbons (Fsp3) is 0.125. The topological polar surface area (TPSA) is 76.9 Å². The number of aryl methyl sites for hydroxylation is 1. The van der Waals surface area contributed by atoms with Gasteiger partial charge in [0.05, 0.1) is 22.9 Å². The Kier molecular flexibility index (Phi) is 3.65. The van der Waals surface area contributed by atoms with Gasteiger partial charge in [-0.2, -0.15) is 0 Å². The summed E-state index contributed by atoms with van der Waals surface area (Å²) in [7, 11) is 0. The average molecular weight is 294 g/mol. The first-order chi connectivity index (χ1) is 10.7. The molecule has 0 unspecified atom stereocenters. The number of pyridine rings is 1. The number of anilines is 1. The number of para-hydroxylation sites is 2. The first kappa shape index (κ1) is 13.9. The molecule has 0 saturated heterocycles. The van der Waals surface area contributed by atoms with Crippen LogP contribution in [0.25, 0.3) is 11.0 Å². The van der Waals surface area contributed by atoms with E-state index in [-0.39, 0.29) is 17.2 Å². The second-order valence-corrected chi connectivity index (χ2v) is 4.74. The largest absolute Gasteiger partial charge is 0.319 e. The lowest BCUT2D eigenvalue weighted by atomic mass is 10.3. The minimum Gasteiger partial charge on any atom is -0.319 e. The summed E-state index contributed by atoms with van der Waals surface area (Å²) in [6, 6.07) is 10.3. The molecule has 22 heavy (non-hydrogen) atoms. The van der Waals surface area contributed by atoms with E-state index in [2.05, 4.69) is 15.3 Å². The Morgan fingerprint density at radius 2 is 1.95 bits per heavy atom. The third-order valence-corrected chi connectivity index (χ3v) is 3.26. The smallest absolute Gasteiger partial charge is 0.275 e. The molecule has 2 aromatic heterocycles. The maximum absolute atomic E-state index is 12.2. The third-order valence-electron chi connectivity index (χ3n) is 3.26. The van der Waals surface area contributed by atoms with Gasteiger partial charge in [0.25, 0.3) is 11.5 Å². The van der Waals surface area contributed by atoms with Crippen molar-refractivity contribution in [3.05, 3.63) is 64.8 Å². The van der Waals surface area contributed by atoms with Gasteiger partial charge in [-0.1, -0.05) is 12.1 Å². The molecule has 6 nitrogen and oxygen atoms in total. The molecule has 3 aromatic rings. The van der Waals surface area contributed by atoms with Crippen molar-refractivity contribution in [2.24, 2.45) is 0 Å². The number of amides is 1. The fourth-order valence-electron chi connectivity index (χ4n) is 2.11. The highest BCUT2D eigenvalue weighted by Gasteiger charge is 2.10. The van der Waals surface area contributed by atoms with Crippen molar-refractivity contribution in [1.29, 1.82) is 0 Å². The zero-order chi connectivity index (χ0) is 15.5. The van der Waals surface area contributed by atoms with Crippen LogP contribution in [-0.2, 0) is 6.54 Å². The molecule has 110 valence electrons. The van der Waals surface area contributed by atoms with Crippen molar-refractivity contribution in [2.45, 2.75) is 13.5 Å².